The number of ketones is 1. The van der Waals surface area contributed by atoms with Gasteiger partial charge in [0.1, 0.15) is 18.5 Å². The quantitative estimate of drug-likeness (QED) is 0.0752. The van der Waals surface area contributed by atoms with Crippen LogP contribution in [0.4, 0.5) is 0 Å². The second-order valence-corrected chi connectivity index (χ2v) is 15.7. The number of carbonyl (C=O) groups excluding carboxylic acids is 2. The Balaban J connectivity index is 2.14. The minimum absolute atomic E-state index is 0.0236. The van der Waals surface area contributed by atoms with E-state index in [2.05, 4.69) is 136 Å². The summed E-state index contributed by atoms with van der Waals surface area (Å²) >= 11 is 13.3. The molecule has 0 aliphatic heterocycles. The van der Waals surface area contributed by atoms with Gasteiger partial charge in [0.2, 0.25) is 0 Å². The fraction of sp³-hybridized carbons (Fsp3) is 0.296. The molecule has 0 radical (unpaired) electrons. The Hall–Kier alpha value is 0.710. The van der Waals surface area contributed by atoms with E-state index in [-0.39, 0.29) is 30.3 Å². The number of halogens is 6. The van der Waals surface area contributed by atoms with Gasteiger partial charge in [-0.3, -0.25) is 4.79 Å². The van der Waals surface area contributed by atoms with Crippen molar-refractivity contribution in [2.24, 2.45) is 5.92 Å². The van der Waals surface area contributed by atoms with Gasteiger partial charge >= 0.3 is 11.9 Å². The lowest BCUT2D eigenvalue weighted by molar-refractivity contribution is -0.145. The van der Waals surface area contributed by atoms with Gasteiger partial charge in [-0.25, -0.2) is 9.59 Å². The Morgan fingerprint density at radius 3 is 1.97 bits per heavy atom. The van der Waals surface area contributed by atoms with E-state index in [0.717, 1.165) is 21.4 Å². The van der Waals surface area contributed by atoms with Gasteiger partial charge in [-0.1, -0.05) is 19.1 Å². The number of benzene rings is 2. The van der Waals surface area contributed by atoms with Crippen LogP contribution in [0.5, 0.6) is 5.75 Å². The molecular formula is C27H24I6O6. The predicted octanol–water partition coefficient (Wildman–Crippen LogP) is 8.88. The fourth-order valence-electron chi connectivity index (χ4n) is 3.18. The highest BCUT2D eigenvalue weighted by atomic mass is 127. The Bertz CT molecular complexity index is 1300. The van der Waals surface area contributed by atoms with Crippen molar-refractivity contribution in [2.45, 2.75) is 39.7 Å². The number of allylic oxidation sites excluding steroid dienone is 1. The molecule has 0 spiro atoms. The van der Waals surface area contributed by atoms with Gasteiger partial charge in [0.05, 0.1) is 7.14 Å². The summed E-state index contributed by atoms with van der Waals surface area (Å²) in [5.41, 5.74) is 1.23. The standard InChI is InChI=1S/C27H24I6O6/c1-13(24(34)19-8-16(28)9-20(30)23(19)33)4-5-15(3)27(37)39-18(7-6-14(2)26(35)36)12-38-25-21(31)10-17(29)11-22(25)32/h5-6,8-11,13,18H,4,7,12H2,1-3H3,(H,35,36). The van der Waals surface area contributed by atoms with Crippen LogP contribution in [0.1, 0.15) is 44.0 Å². The van der Waals surface area contributed by atoms with Crippen molar-refractivity contribution in [1.29, 1.82) is 0 Å². The van der Waals surface area contributed by atoms with Crippen molar-refractivity contribution in [3.63, 3.8) is 0 Å². The van der Waals surface area contributed by atoms with Crippen LogP contribution in [0, 0.1) is 27.3 Å². The molecule has 0 aliphatic rings. The van der Waals surface area contributed by atoms with Crippen molar-refractivity contribution in [1.82, 2.24) is 0 Å². The molecule has 0 saturated heterocycles. The summed E-state index contributed by atoms with van der Waals surface area (Å²) in [6.45, 7) is 5.06. The Kier molecular flexibility index (Phi) is 15.8. The molecule has 0 fully saturated rings. The molecule has 0 aliphatic carbocycles. The maximum atomic E-state index is 13.1. The zero-order chi connectivity index (χ0) is 29.4. The van der Waals surface area contributed by atoms with Gasteiger partial charge in [-0.05, 0) is 180 Å². The molecule has 2 atom stereocenters. The molecule has 39 heavy (non-hydrogen) atoms. The Labute approximate surface area is 310 Å². The summed E-state index contributed by atoms with van der Waals surface area (Å²) in [4.78, 5) is 37.3. The topological polar surface area (TPSA) is 89.9 Å². The number of hydrogen-bond acceptors (Lipinski definition) is 5. The summed E-state index contributed by atoms with van der Waals surface area (Å²) in [6, 6.07) is 7.89. The summed E-state index contributed by atoms with van der Waals surface area (Å²) in [6.07, 6.45) is 3.12. The van der Waals surface area contributed by atoms with Crippen LogP contribution in [0.3, 0.4) is 0 Å². The second-order valence-electron chi connectivity index (χ2n) is 8.60. The summed E-state index contributed by atoms with van der Waals surface area (Å²) in [7, 11) is 0. The maximum absolute atomic E-state index is 13.1. The first-order chi connectivity index (χ1) is 18.2. The zero-order valence-electron chi connectivity index (χ0n) is 21.0. The lowest BCUT2D eigenvalue weighted by Crippen LogP contribution is -2.26. The number of rotatable bonds is 12. The van der Waals surface area contributed by atoms with Gasteiger partial charge in [0.15, 0.2) is 5.78 Å². The van der Waals surface area contributed by atoms with Crippen LogP contribution in [0.2, 0.25) is 0 Å². The lowest BCUT2D eigenvalue weighted by Gasteiger charge is -2.19. The van der Waals surface area contributed by atoms with Crippen LogP contribution in [0.15, 0.2) is 47.6 Å². The van der Waals surface area contributed by atoms with Crippen molar-refractivity contribution in [3.8, 4) is 5.75 Å². The highest BCUT2D eigenvalue weighted by Crippen LogP contribution is 2.30. The van der Waals surface area contributed by atoms with Crippen molar-refractivity contribution in [3.05, 3.63) is 74.5 Å². The van der Waals surface area contributed by atoms with Gasteiger partial charge in [-0.2, -0.15) is 0 Å². The number of carboxylic acids is 1. The zero-order valence-corrected chi connectivity index (χ0v) is 33.9. The molecule has 0 aromatic heterocycles. The Morgan fingerprint density at radius 2 is 1.38 bits per heavy atom. The molecular weight excluding hydrogens is 1180 g/mol. The van der Waals surface area contributed by atoms with E-state index in [1.807, 2.05) is 31.2 Å². The molecule has 0 amide bonds. The molecule has 2 unspecified atom stereocenters. The molecule has 210 valence electrons. The molecule has 1 N–H and O–H groups in total. The molecule has 2 rings (SSSR count). The number of Topliss-reactive ketones (excluding diaryl/α,β-unsaturated/α-hetero) is 1. The van der Waals surface area contributed by atoms with Gasteiger partial charge in [0.25, 0.3) is 0 Å². The highest BCUT2D eigenvalue weighted by molar-refractivity contribution is 14.1. The summed E-state index contributed by atoms with van der Waals surface area (Å²) in [5, 5.41) is 9.22. The number of ether oxygens (including phenoxy) is 2. The normalized spacial score (nSPS) is 13.6. The smallest absolute Gasteiger partial charge is 0.333 e. The van der Waals surface area contributed by atoms with E-state index in [1.165, 1.54) is 13.0 Å². The monoisotopic (exact) mass is 1210 g/mol. The van der Waals surface area contributed by atoms with Gasteiger partial charge < -0.3 is 14.6 Å². The number of carboxylic acid groups (broad SMARTS) is 1. The highest BCUT2D eigenvalue weighted by Gasteiger charge is 2.21. The SMILES string of the molecule is CC(=CCC(COc1c(I)cc(I)cc1I)OC(=O)C(C)=CCC(C)C(=O)c1cc(I)cc(I)c1I)C(=O)O. The van der Waals surface area contributed by atoms with E-state index >= 15 is 0 Å². The molecule has 0 saturated carbocycles. The average molecular weight is 1210 g/mol. The first-order valence-corrected chi connectivity index (χ1v) is 17.9. The van der Waals surface area contributed by atoms with E-state index < -0.39 is 18.0 Å². The number of esters is 1. The Morgan fingerprint density at radius 1 is 0.846 bits per heavy atom. The first-order valence-electron chi connectivity index (χ1n) is 11.4. The molecule has 2 aromatic carbocycles. The maximum Gasteiger partial charge on any atom is 0.333 e. The summed E-state index contributed by atoms with van der Waals surface area (Å²) < 4.78 is 17.7. The minimum Gasteiger partial charge on any atom is -0.487 e. The van der Waals surface area contributed by atoms with Crippen molar-refractivity contribution >= 4 is 153 Å². The third-order valence-electron chi connectivity index (χ3n) is 5.48. The number of aliphatic carboxylic acids is 1. The average Bonchev–Trinajstić information content (AvgIpc) is 2.85. The van der Waals surface area contributed by atoms with Crippen LogP contribution >= 0.6 is 136 Å². The molecule has 6 nitrogen and oxygen atoms in total. The first kappa shape index (κ1) is 35.9. The van der Waals surface area contributed by atoms with Gasteiger partial charge in [0, 0.05) is 43.3 Å². The van der Waals surface area contributed by atoms with Crippen LogP contribution < -0.4 is 4.74 Å². The van der Waals surface area contributed by atoms with Crippen molar-refractivity contribution in [2.75, 3.05) is 6.61 Å². The van der Waals surface area contributed by atoms with Crippen LogP contribution in [-0.4, -0.2) is 35.5 Å². The van der Waals surface area contributed by atoms with E-state index in [9.17, 15) is 19.5 Å². The predicted molar refractivity (Wildman–Crippen MR) is 202 cm³/mol. The van der Waals surface area contributed by atoms with E-state index in [1.54, 1.807) is 13.0 Å². The molecule has 2 aromatic rings. The molecule has 12 heteroatoms. The second kappa shape index (κ2) is 17.1. The molecule has 0 heterocycles. The van der Waals surface area contributed by atoms with Crippen LogP contribution in [-0.2, 0) is 14.3 Å². The lowest BCUT2D eigenvalue weighted by atomic mass is 9.95. The largest absolute Gasteiger partial charge is 0.487 e. The van der Waals surface area contributed by atoms with E-state index in [4.69, 9.17) is 9.47 Å². The van der Waals surface area contributed by atoms with E-state index in [0.29, 0.717) is 23.3 Å². The van der Waals surface area contributed by atoms with Crippen LogP contribution in [0.25, 0.3) is 0 Å². The fourth-order valence-corrected chi connectivity index (χ4v) is 9.49. The molecule has 0 bridgehead atoms. The third-order valence-corrected chi connectivity index (χ3v) is 11.4. The third kappa shape index (κ3) is 11.4. The number of carbonyl (C=O) groups is 3. The van der Waals surface area contributed by atoms with Gasteiger partial charge in [-0.15, -0.1) is 0 Å². The summed E-state index contributed by atoms with van der Waals surface area (Å²) in [5.74, 6) is -1.17. The number of hydrogen-bond donors (Lipinski definition) is 1. The minimum atomic E-state index is -1.03. The van der Waals surface area contributed by atoms with Crippen molar-refractivity contribution < 1.29 is 29.0 Å².